The Morgan fingerprint density at radius 2 is 0.674 bits per heavy atom. The highest BCUT2D eigenvalue weighted by Crippen LogP contribution is 2.39. The van der Waals surface area contributed by atoms with Crippen molar-refractivity contribution in [2.24, 2.45) is 46.2 Å². The molecule has 14 N–H and O–H groups in total. The number of benzene rings is 3. The average Bonchev–Trinajstić information content (AvgIpc) is 1.07. The summed E-state index contributed by atoms with van der Waals surface area (Å²) in [5.74, 6) is 0.624. The Kier molecular flexibility index (Phi) is 30.6. The van der Waals surface area contributed by atoms with E-state index in [9.17, 15) is 28.8 Å². The van der Waals surface area contributed by atoms with E-state index in [2.05, 4.69) is 10.6 Å². The highest BCUT2D eigenvalue weighted by atomic mass is 16.5. The molecule has 4 fully saturated rings. The topological polar surface area (TPSA) is 344 Å². The van der Waals surface area contributed by atoms with Gasteiger partial charge in [0.15, 0.2) is 11.6 Å². The molecule has 0 spiro atoms. The number of rotatable bonds is 38. The fraction of sp³-hybridized carbons (Fsp3) is 0.657. The van der Waals surface area contributed by atoms with E-state index in [1.807, 2.05) is 0 Å². The van der Waals surface area contributed by atoms with Crippen molar-refractivity contribution in [3.05, 3.63) is 69.8 Å². The first kappa shape index (κ1) is 72.9. The Labute approximate surface area is 545 Å². The van der Waals surface area contributed by atoms with Gasteiger partial charge in [0.05, 0.1) is 74.0 Å². The number of nitrogens with zero attached hydrogens (tertiary/aromatic N) is 2. The number of hydrogen-bond donors (Lipinski definition) is 8. The van der Waals surface area contributed by atoms with Crippen molar-refractivity contribution in [3.8, 4) is 34.5 Å². The average molecular weight is 1280 g/mol. The van der Waals surface area contributed by atoms with Gasteiger partial charge in [0, 0.05) is 81.4 Å². The fourth-order valence-electron chi connectivity index (χ4n) is 12.9. The second-order valence-electron chi connectivity index (χ2n) is 25.6. The van der Waals surface area contributed by atoms with E-state index in [4.69, 9.17) is 62.8 Å². The third-order valence-electron chi connectivity index (χ3n) is 18.6. The second-order valence-corrected chi connectivity index (χ2v) is 25.6. The van der Waals surface area contributed by atoms with Crippen molar-refractivity contribution in [2.45, 2.75) is 191 Å². The van der Waals surface area contributed by atoms with E-state index in [1.54, 1.807) is 46.2 Å². The lowest BCUT2D eigenvalue weighted by molar-refractivity contribution is 0.0701. The predicted molar refractivity (Wildman–Crippen MR) is 357 cm³/mol. The minimum atomic E-state index is -0.354. The molecule has 0 bridgehead atoms. The molecule has 7 rings (SSSR count). The molecular formula is C70H108N10O12. The summed E-state index contributed by atoms with van der Waals surface area (Å²) in [5.41, 5.74) is 37.1. The van der Waals surface area contributed by atoms with Gasteiger partial charge in [0.25, 0.3) is 23.6 Å². The number of carbonyl (C=O) groups is 6. The molecule has 22 heteroatoms. The smallest absolute Gasteiger partial charge is 0.257 e. The molecule has 2 aliphatic heterocycles. The van der Waals surface area contributed by atoms with Crippen LogP contribution >= 0.6 is 0 Å². The maximum atomic E-state index is 14.4. The molecule has 2 saturated heterocycles. The summed E-state index contributed by atoms with van der Waals surface area (Å²) >= 11 is 0. The van der Waals surface area contributed by atoms with Crippen LogP contribution in [0.5, 0.6) is 34.5 Å². The molecule has 0 aromatic heterocycles. The Morgan fingerprint density at radius 1 is 0.380 bits per heavy atom. The molecule has 92 heavy (non-hydrogen) atoms. The number of unbranched alkanes of at least 4 members (excludes halogenated alkanes) is 8. The van der Waals surface area contributed by atoms with E-state index in [0.717, 1.165) is 77.0 Å². The third kappa shape index (κ3) is 21.8. The molecule has 510 valence electrons. The number of carbonyl (C=O) groups excluding carboxylic acids is 6. The largest absolute Gasteiger partial charge is 0.496 e. The predicted octanol–water partition coefficient (Wildman–Crippen LogP) is 7.98. The second kappa shape index (κ2) is 38.6. The lowest BCUT2D eigenvalue weighted by atomic mass is 9.81. The molecule has 2 heterocycles. The quantitative estimate of drug-likeness (QED) is 0.0199. The number of piperidine rings is 2. The minimum absolute atomic E-state index is 0.0116. The number of Topliss-reactive ketones (excluding diaryl/α,β-unsaturated/α-hetero) is 2. The van der Waals surface area contributed by atoms with Gasteiger partial charge < -0.3 is 83.3 Å². The summed E-state index contributed by atoms with van der Waals surface area (Å²) in [6.45, 7) is 5.80. The van der Waals surface area contributed by atoms with E-state index >= 15 is 0 Å². The van der Waals surface area contributed by atoms with Gasteiger partial charge in [-0.1, -0.05) is 0 Å². The molecule has 0 atom stereocenters. The van der Waals surface area contributed by atoms with Crippen LogP contribution in [0.15, 0.2) is 36.4 Å². The third-order valence-corrected chi connectivity index (χ3v) is 18.6. The van der Waals surface area contributed by atoms with Crippen LogP contribution in [0.3, 0.4) is 0 Å². The van der Waals surface area contributed by atoms with E-state index in [0.29, 0.717) is 213 Å². The summed E-state index contributed by atoms with van der Waals surface area (Å²) in [5, 5.41) is 6.47. The number of nitrogens with two attached hydrogens (primary N) is 6. The zero-order chi connectivity index (χ0) is 65.8. The van der Waals surface area contributed by atoms with E-state index < -0.39 is 0 Å². The molecule has 0 radical (unpaired) electrons. The highest BCUT2D eigenvalue weighted by Gasteiger charge is 2.34. The Balaban J connectivity index is 0.977. The fourth-order valence-corrected chi connectivity index (χ4v) is 12.9. The van der Waals surface area contributed by atoms with Gasteiger partial charge in [-0.05, 0) is 210 Å². The number of amides is 4. The molecule has 22 nitrogen and oxygen atoms in total. The molecule has 3 aromatic rings. The van der Waals surface area contributed by atoms with Gasteiger partial charge in [0.1, 0.15) is 34.5 Å². The molecule has 4 aliphatic rings. The maximum absolute atomic E-state index is 14.4. The zero-order valence-corrected chi connectivity index (χ0v) is 55.1. The van der Waals surface area contributed by atoms with Crippen molar-refractivity contribution in [2.75, 3.05) is 93.0 Å². The van der Waals surface area contributed by atoms with E-state index in [1.165, 1.54) is 14.2 Å². The summed E-state index contributed by atoms with van der Waals surface area (Å²) in [7, 11) is 2.98. The first-order valence-corrected chi connectivity index (χ1v) is 34.4. The summed E-state index contributed by atoms with van der Waals surface area (Å²) in [6, 6.07) is 9.51. The maximum Gasteiger partial charge on any atom is 0.257 e. The van der Waals surface area contributed by atoms with Crippen molar-refractivity contribution in [1.82, 2.24) is 20.4 Å². The van der Waals surface area contributed by atoms with Crippen LogP contribution in [-0.2, 0) is 0 Å². The first-order valence-electron chi connectivity index (χ1n) is 34.4. The van der Waals surface area contributed by atoms with Gasteiger partial charge in [0.2, 0.25) is 0 Å². The lowest BCUT2D eigenvalue weighted by Crippen LogP contribution is -2.43. The molecule has 3 aromatic carbocycles. The normalized spacial score (nSPS) is 18.8. The van der Waals surface area contributed by atoms with Crippen LogP contribution in [0.2, 0.25) is 0 Å². The number of nitrogens with one attached hydrogen (secondary N) is 2. The first-order chi connectivity index (χ1) is 44.7. The Bertz CT molecular complexity index is 2660. The Morgan fingerprint density at radius 3 is 0.978 bits per heavy atom. The van der Waals surface area contributed by atoms with Crippen molar-refractivity contribution in [1.29, 1.82) is 0 Å². The van der Waals surface area contributed by atoms with Gasteiger partial charge in [-0.2, -0.15) is 0 Å². The summed E-state index contributed by atoms with van der Waals surface area (Å²) < 4.78 is 36.7. The SMILES string of the molecule is COc1cc(OC)c(C(=O)CC2CCC(NC(=O)c3cc(C(=O)N4CCC(N)CC4)c(OCCCCCN)cc3OCCCCCN)CC2)cc1C(=O)CC1CCC(NC(=O)c2cc(C(=O)N3CCC(N)CC3)c(OCCCCCN)cc2OCCCCCN)CC1. The zero-order valence-electron chi connectivity index (χ0n) is 55.1. The van der Waals surface area contributed by atoms with E-state index in [-0.39, 0.29) is 95.2 Å². The van der Waals surface area contributed by atoms with Crippen molar-refractivity contribution >= 4 is 35.2 Å². The molecule has 2 aliphatic carbocycles. The number of ketones is 2. The molecular weight excluding hydrogens is 1170 g/mol. The van der Waals surface area contributed by atoms with Crippen LogP contribution < -0.4 is 73.5 Å². The van der Waals surface area contributed by atoms with Gasteiger partial charge in [-0.25, -0.2) is 0 Å². The molecule has 4 amide bonds. The van der Waals surface area contributed by atoms with Gasteiger partial charge >= 0.3 is 0 Å². The standard InChI is InChI=1S/C70H108N10O12/c1-87-61-44-62(88-2)54(60(82)40-48-17-21-52(22-18-48)78-68(84)56-43-58(70(86)80-33-25-50(76)26-34-80)66(92-38-14-6-10-30-74)46-64(56)90-36-12-4-8-28-72)41-53(61)59(81)39-47-15-19-51(20-16-47)77-67(83)55-42-57(69(85)79-31-23-49(75)24-32-79)65(91-37-13-5-9-29-73)45-63(55)89-35-11-3-7-27-71/h41-52H,3-40,71-76H2,1-2H3,(H,77,83)(H,78,84). The monoisotopic (exact) mass is 1280 g/mol. The van der Waals surface area contributed by atoms with Gasteiger partial charge in [-0.3, -0.25) is 28.8 Å². The molecule has 2 saturated carbocycles. The lowest BCUT2D eigenvalue weighted by Gasteiger charge is -2.31. The number of hydrogen-bond acceptors (Lipinski definition) is 18. The van der Waals surface area contributed by atoms with Gasteiger partial charge in [-0.15, -0.1) is 0 Å². The van der Waals surface area contributed by atoms with Crippen molar-refractivity contribution < 1.29 is 57.2 Å². The molecule has 0 unspecified atom stereocenters. The minimum Gasteiger partial charge on any atom is -0.496 e. The van der Waals surface area contributed by atoms with Crippen LogP contribution in [0.1, 0.15) is 229 Å². The van der Waals surface area contributed by atoms with Crippen LogP contribution in [0.25, 0.3) is 0 Å². The highest BCUT2D eigenvalue weighted by molar-refractivity contribution is 6.06. The Hall–Kier alpha value is -6.56. The number of methoxy groups -OCH3 is 2. The van der Waals surface area contributed by atoms with Crippen LogP contribution in [0, 0.1) is 11.8 Å². The summed E-state index contributed by atoms with van der Waals surface area (Å²) in [4.78, 5) is 89.5. The number of likely N-dealkylation sites (tertiary alicyclic amines) is 2. The summed E-state index contributed by atoms with van der Waals surface area (Å²) in [6.07, 6.45) is 18.2. The number of ether oxygens (including phenoxy) is 6. The van der Waals surface area contributed by atoms with Crippen molar-refractivity contribution in [3.63, 3.8) is 0 Å². The van der Waals surface area contributed by atoms with Crippen LogP contribution in [0.4, 0.5) is 0 Å². The van der Waals surface area contributed by atoms with Crippen LogP contribution in [-0.4, -0.2) is 162 Å².